The van der Waals surface area contributed by atoms with Gasteiger partial charge in [-0.15, -0.1) is 11.3 Å². The largest absolute Gasteiger partial charge is 0.488 e. The smallest absolute Gasteiger partial charge is 0.202 e. The first-order valence-corrected chi connectivity index (χ1v) is 11.0. The van der Waals surface area contributed by atoms with Gasteiger partial charge in [-0.05, 0) is 50.6 Å². The summed E-state index contributed by atoms with van der Waals surface area (Å²) in [5, 5.41) is 3.80. The van der Waals surface area contributed by atoms with Gasteiger partial charge in [0.15, 0.2) is 5.58 Å². The number of fused-ring (bicyclic) bond motifs is 2. The fraction of sp³-hybridized carbons (Fsp3) is 0.200. The van der Waals surface area contributed by atoms with Crippen LogP contribution in [0.15, 0.2) is 69.3 Å². The molecule has 0 radical (unpaired) electrons. The van der Waals surface area contributed by atoms with Crippen molar-refractivity contribution in [3.05, 3.63) is 81.6 Å². The summed E-state index contributed by atoms with van der Waals surface area (Å²) in [5.41, 5.74) is 3.54. The fourth-order valence-corrected chi connectivity index (χ4v) is 4.36. The number of benzene rings is 2. The average molecular weight is 431 g/mol. The lowest BCUT2D eigenvalue weighted by molar-refractivity contribution is 0.131. The van der Waals surface area contributed by atoms with E-state index in [0.717, 1.165) is 22.0 Å². The molecule has 0 aliphatic heterocycles. The summed E-state index contributed by atoms with van der Waals surface area (Å²) in [4.78, 5) is 21.2. The molecule has 0 atom stereocenters. The van der Waals surface area contributed by atoms with E-state index < -0.39 is 0 Å². The Morgan fingerprint density at radius 3 is 2.58 bits per heavy atom. The summed E-state index contributed by atoms with van der Waals surface area (Å²) in [6.07, 6.45) is 2.34. The van der Waals surface area contributed by atoms with Crippen molar-refractivity contribution in [1.29, 1.82) is 0 Å². The van der Waals surface area contributed by atoms with Crippen LogP contribution in [0, 0.1) is 0 Å². The van der Waals surface area contributed by atoms with Crippen molar-refractivity contribution < 1.29 is 9.15 Å². The second-order valence-corrected chi connectivity index (χ2v) is 9.38. The predicted octanol–water partition coefficient (Wildman–Crippen LogP) is 6.17. The maximum Gasteiger partial charge on any atom is 0.202 e. The number of rotatable bonds is 4. The second kappa shape index (κ2) is 7.39. The van der Waals surface area contributed by atoms with Gasteiger partial charge in [0.05, 0.1) is 22.2 Å². The van der Waals surface area contributed by atoms with Crippen molar-refractivity contribution >= 4 is 33.3 Å². The van der Waals surface area contributed by atoms with E-state index in [0.29, 0.717) is 34.1 Å². The minimum absolute atomic E-state index is 0.0431. The van der Waals surface area contributed by atoms with E-state index in [-0.39, 0.29) is 11.0 Å². The number of para-hydroxylation sites is 1. The third-order valence-electron chi connectivity index (χ3n) is 4.97. The Hall–Kier alpha value is -3.38. The zero-order valence-corrected chi connectivity index (χ0v) is 18.4. The van der Waals surface area contributed by atoms with Crippen LogP contribution in [0.3, 0.4) is 0 Å². The number of nitrogens with one attached hydrogen (secondary N) is 1. The highest BCUT2D eigenvalue weighted by atomic mass is 32.1. The zero-order valence-electron chi connectivity index (χ0n) is 17.6. The van der Waals surface area contributed by atoms with Crippen LogP contribution in [0.2, 0.25) is 0 Å². The monoisotopic (exact) mass is 430 g/mol. The van der Waals surface area contributed by atoms with Crippen molar-refractivity contribution in [1.82, 2.24) is 9.97 Å². The Labute approximate surface area is 183 Å². The minimum Gasteiger partial charge on any atom is -0.488 e. The Kier molecular flexibility index (Phi) is 4.67. The molecule has 0 bridgehead atoms. The molecular formula is C25H22N2O3S. The van der Waals surface area contributed by atoms with E-state index in [1.54, 1.807) is 12.3 Å². The fourth-order valence-electron chi connectivity index (χ4n) is 3.72. The topological polar surface area (TPSA) is 68.1 Å². The highest BCUT2D eigenvalue weighted by Crippen LogP contribution is 2.33. The van der Waals surface area contributed by atoms with E-state index >= 15 is 0 Å². The molecule has 31 heavy (non-hydrogen) atoms. The van der Waals surface area contributed by atoms with Gasteiger partial charge in [-0.1, -0.05) is 24.3 Å². The first-order valence-electron chi connectivity index (χ1n) is 10.1. The lowest BCUT2D eigenvalue weighted by atomic mass is 10.1. The lowest BCUT2D eigenvalue weighted by Gasteiger charge is -2.21. The SMILES string of the molecule is CC(C)(C)Oc1ccc(Cc2[nH]c(-c3nccs3)c3c(=O)c4ccccc4oc23)cc1. The van der Waals surface area contributed by atoms with Gasteiger partial charge in [-0.2, -0.15) is 0 Å². The van der Waals surface area contributed by atoms with Crippen molar-refractivity contribution in [3.8, 4) is 16.5 Å². The summed E-state index contributed by atoms with van der Waals surface area (Å²) in [6.45, 7) is 6.08. The molecule has 0 spiro atoms. The van der Waals surface area contributed by atoms with E-state index in [1.165, 1.54) is 11.3 Å². The number of hydrogen-bond donors (Lipinski definition) is 1. The lowest BCUT2D eigenvalue weighted by Crippen LogP contribution is -2.22. The third-order valence-corrected chi connectivity index (χ3v) is 5.76. The molecule has 2 aromatic carbocycles. The van der Waals surface area contributed by atoms with Crippen molar-refractivity contribution in [2.24, 2.45) is 0 Å². The molecule has 1 N–H and O–H groups in total. The number of ether oxygens (including phenoxy) is 1. The number of hydrogen-bond acceptors (Lipinski definition) is 5. The summed E-state index contributed by atoms with van der Waals surface area (Å²) in [6, 6.07) is 15.4. The van der Waals surface area contributed by atoms with Gasteiger partial charge in [-0.25, -0.2) is 4.98 Å². The number of aromatic amines is 1. The molecule has 5 aromatic rings. The van der Waals surface area contributed by atoms with Crippen molar-refractivity contribution in [2.45, 2.75) is 32.8 Å². The molecule has 0 saturated heterocycles. The van der Waals surface area contributed by atoms with Crippen molar-refractivity contribution in [2.75, 3.05) is 0 Å². The predicted molar refractivity (Wildman–Crippen MR) is 125 cm³/mol. The number of H-pyrrole nitrogens is 1. The Morgan fingerprint density at radius 1 is 1.10 bits per heavy atom. The van der Waals surface area contributed by atoms with Crippen LogP contribution in [0.1, 0.15) is 32.0 Å². The third kappa shape index (κ3) is 3.75. The van der Waals surface area contributed by atoms with Crippen LogP contribution in [-0.2, 0) is 6.42 Å². The highest BCUT2D eigenvalue weighted by molar-refractivity contribution is 7.13. The van der Waals surface area contributed by atoms with E-state index in [2.05, 4.69) is 9.97 Å². The number of thiazole rings is 1. The molecule has 0 unspecified atom stereocenters. The molecular weight excluding hydrogens is 408 g/mol. The standard InChI is InChI=1S/C25H22N2O3S/c1-25(2,3)30-16-10-8-15(9-11-16)14-18-23-20(21(27-18)24-26-12-13-31-24)22(28)17-6-4-5-7-19(17)29-23/h4-13,27H,14H2,1-3H3. The Morgan fingerprint density at radius 2 is 1.87 bits per heavy atom. The van der Waals surface area contributed by atoms with Crippen LogP contribution in [0.4, 0.5) is 0 Å². The summed E-state index contributed by atoms with van der Waals surface area (Å²) < 4.78 is 12.1. The van der Waals surface area contributed by atoms with Crippen LogP contribution in [0.25, 0.3) is 32.6 Å². The van der Waals surface area contributed by atoms with Crippen LogP contribution >= 0.6 is 11.3 Å². The van der Waals surface area contributed by atoms with Crippen LogP contribution in [-0.4, -0.2) is 15.6 Å². The van der Waals surface area contributed by atoms with Gasteiger partial charge in [0, 0.05) is 18.0 Å². The molecule has 156 valence electrons. The molecule has 6 heteroatoms. The van der Waals surface area contributed by atoms with Crippen molar-refractivity contribution in [3.63, 3.8) is 0 Å². The minimum atomic E-state index is -0.246. The molecule has 3 heterocycles. The molecule has 3 aromatic heterocycles. The van der Waals surface area contributed by atoms with Gasteiger partial charge >= 0.3 is 0 Å². The van der Waals surface area contributed by atoms with Gasteiger partial charge < -0.3 is 14.1 Å². The summed E-state index contributed by atoms with van der Waals surface area (Å²) in [5.74, 6) is 0.827. The molecule has 0 aliphatic carbocycles. The number of nitrogens with zero attached hydrogens (tertiary/aromatic N) is 1. The van der Waals surface area contributed by atoms with Gasteiger partial charge in [0.2, 0.25) is 5.43 Å². The molecule has 5 rings (SSSR count). The molecule has 0 aliphatic rings. The van der Waals surface area contributed by atoms with E-state index in [4.69, 9.17) is 9.15 Å². The Balaban J connectivity index is 1.63. The van der Waals surface area contributed by atoms with Gasteiger partial charge in [-0.3, -0.25) is 4.79 Å². The highest BCUT2D eigenvalue weighted by Gasteiger charge is 2.21. The summed E-state index contributed by atoms with van der Waals surface area (Å²) in [7, 11) is 0. The maximum atomic E-state index is 13.3. The maximum absolute atomic E-state index is 13.3. The van der Waals surface area contributed by atoms with Gasteiger partial charge in [0.25, 0.3) is 0 Å². The average Bonchev–Trinajstić information content (AvgIpc) is 3.37. The molecule has 0 amide bonds. The zero-order chi connectivity index (χ0) is 21.6. The van der Waals surface area contributed by atoms with Crippen LogP contribution in [0.5, 0.6) is 5.75 Å². The van der Waals surface area contributed by atoms with Gasteiger partial charge in [0.1, 0.15) is 21.9 Å². The van der Waals surface area contributed by atoms with E-state index in [1.807, 2.05) is 68.6 Å². The molecule has 0 fully saturated rings. The van der Waals surface area contributed by atoms with E-state index in [9.17, 15) is 4.79 Å². The Bertz CT molecular complexity index is 1420. The normalized spacial score (nSPS) is 12.0. The summed E-state index contributed by atoms with van der Waals surface area (Å²) >= 11 is 1.49. The number of aromatic nitrogens is 2. The first kappa shape index (κ1) is 19.6. The molecule has 0 saturated carbocycles. The second-order valence-electron chi connectivity index (χ2n) is 8.48. The quantitative estimate of drug-likeness (QED) is 0.370. The molecule has 5 nitrogen and oxygen atoms in total. The van der Waals surface area contributed by atoms with Crippen LogP contribution < -0.4 is 10.2 Å². The first-order chi connectivity index (χ1) is 14.9.